The van der Waals surface area contributed by atoms with Crippen LogP contribution in [0.25, 0.3) is 10.8 Å². The van der Waals surface area contributed by atoms with Gasteiger partial charge in [0.05, 0.1) is 5.56 Å². The van der Waals surface area contributed by atoms with Crippen molar-refractivity contribution >= 4 is 10.8 Å². The van der Waals surface area contributed by atoms with Crippen LogP contribution in [0.5, 0.6) is 5.75 Å². The molecular weight excluding hydrogens is 298 g/mol. The number of alkyl halides is 2. The van der Waals surface area contributed by atoms with E-state index in [2.05, 4.69) is 10.3 Å². The van der Waals surface area contributed by atoms with Gasteiger partial charge in [0.2, 0.25) is 0 Å². The van der Waals surface area contributed by atoms with E-state index in [1.165, 1.54) is 0 Å². The second-order valence-corrected chi connectivity index (χ2v) is 5.20. The van der Waals surface area contributed by atoms with Crippen molar-refractivity contribution in [2.75, 3.05) is 0 Å². The lowest BCUT2D eigenvalue weighted by molar-refractivity contribution is -0.686. The fourth-order valence-electron chi connectivity index (χ4n) is 2.63. The van der Waals surface area contributed by atoms with Crippen LogP contribution in [0.3, 0.4) is 0 Å². The Balaban J connectivity index is 1.84. The molecule has 118 valence electrons. The maximum absolute atomic E-state index is 12.6. The highest BCUT2D eigenvalue weighted by Gasteiger charge is 2.14. The molecule has 1 heterocycles. The van der Waals surface area contributed by atoms with Gasteiger partial charge in [-0.3, -0.25) is 4.98 Å². The van der Waals surface area contributed by atoms with Gasteiger partial charge >= 0.3 is 6.61 Å². The normalized spacial score (nSPS) is 11.1. The fourth-order valence-corrected chi connectivity index (χ4v) is 2.63. The van der Waals surface area contributed by atoms with Crippen molar-refractivity contribution in [3.8, 4) is 5.75 Å². The number of halogens is 2. The molecule has 0 saturated carbocycles. The average Bonchev–Trinajstić information content (AvgIpc) is 2.57. The monoisotopic (exact) mass is 315 g/mol. The van der Waals surface area contributed by atoms with Crippen molar-refractivity contribution in [1.29, 1.82) is 0 Å². The molecule has 0 aliphatic heterocycles. The van der Waals surface area contributed by atoms with E-state index in [0.717, 1.165) is 28.4 Å². The number of rotatable bonds is 6. The fraction of sp³-hybridized carbons (Fsp3) is 0.167. The molecule has 3 nitrogen and oxygen atoms in total. The van der Waals surface area contributed by atoms with E-state index in [0.29, 0.717) is 6.54 Å². The summed E-state index contributed by atoms with van der Waals surface area (Å²) < 4.78 is 30.0. The van der Waals surface area contributed by atoms with Crippen LogP contribution < -0.4 is 10.1 Å². The Morgan fingerprint density at radius 1 is 1.00 bits per heavy atom. The summed E-state index contributed by atoms with van der Waals surface area (Å²) in [6.07, 6.45) is 3.53. The van der Waals surface area contributed by atoms with E-state index in [9.17, 15) is 8.78 Å². The molecule has 0 spiro atoms. The number of hydrogen-bond donors (Lipinski definition) is 1. The molecule has 2 N–H and O–H groups in total. The minimum atomic E-state index is -2.83. The van der Waals surface area contributed by atoms with E-state index in [-0.39, 0.29) is 5.75 Å². The minimum Gasteiger partial charge on any atom is -0.434 e. The molecule has 1 aromatic heterocycles. The molecule has 2 aromatic carbocycles. The lowest BCUT2D eigenvalue weighted by Crippen LogP contribution is -2.80. The Morgan fingerprint density at radius 2 is 1.87 bits per heavy atom. The van der Waals surface area contributed by atoms with Crippen LogP contribution in [0, 0.1) is 0 Å². The number of aromatic nitrogens is 1. The van der Waals surface area contributed by atoms with Gasteiger partial charge in [-0.25, -0.2) is 0 Å². The van der Waals surface area contributed by atoms with E-state index in [1.807, 2.05) is 36.4 Å². The van der Waals surface area contributed by atoms with Gasteiger partial charge in [-0.2, -0.15) is 8.78 Å². The van der Waals surface area contributed by atoms with Gasteiger partial charge in [-0.15, -0.1) is 0 Å². The van der Waals surface area contributed by atoms with Crippen molar-refractivity contribution < 1.29 is 18.8 Å². The molecule has 0 saturated heterocycles. The maximum Gasteiger partial charge on any atom is 0.387 e. The van der Waals surface area contributed by atoms with E-state index in [1.54, 1.807) is 24.5 Å². The number of nitrogens with two attached hydrogens (primary N) is 1. The first-order chi connectivity index (χ1) is 11.2. The first-order valence-electron chi connectivity index (χ1n) is 7.40. The third kappa shape index (κ3) is 3.81. The molecule has 0 amide bonds. The van der Waals surface area contributed by atoms with Gasteiger partial charge < -0.3 is 10.1 Å². The molecule has 0 atom stereocenters. The first kappa shape index (κ1) is 15.4. The SMILES string of the molecule is FC(F)Oc1ccc2ccccc2c1C[NH2+]Cc1cccnc1. The lowest BCUT2D eigenvalue weighted by atomic mass is 10.0. The molecule has 3 rings (SSSR count). The Bertz CT molecular complexity index is 778. The summed E-state index contributed by atoms with van der Waals surface area (Å²) in [5, 5.41) is 4.00. The summed E-state index contributed by atoms with van der Waals surface area (Å²) in [4.78, 5) is 4.07. The summed E-state index contributed by atoms with van der Waals surface area (Å²) >= 11 is 0. The Labute approximate surface area is 132 Å². The summed E-state index contributed by atoms with van der Waals surface area (Å²) in [6.45, 7) is -1.54. The molecule has 0 aliphatic rings. The van der Waals surface area contributed by atoms with Crippen molar-refractivity contribution in [1.82, 2.24) is 4.98 Å². The van der Waals surface area contributed by atoms with Crippen LogP contribution in [0.2, 0.25) is 0 Å². The Kier molecular flexibility index (Phi) is 4.78. The molecule has 0 bridgehead atoms. The second kappa shape index (κ2) is 7.15. The Morgan fingerprint density at radius 3 is 2.65 bits per heavy atom. The van der Waals surface area contributed by atoms with Crippen LogP contribution >= 0.6 is 0 Å². The van der Waals surface area contributed by atoms with E-state index in [4.69, 9.17) is 4.74 Å². The van der Waals surface area contributed by atoms with Crippen molar-refractivity contribution in [3.05, 3.63) is 72.1 Å². The van der Waals surface area contributed by atoms with Gasteiger partial charge in [-0.1, -0.05) is 36.4 Å². The molecule has 0 unspecified atom stereocenters. The Hall–Kier alpha value is -2.53. The molecule has 5 heteroatoms. The zero-order chi connectivity index (χ0) is 16.1. The van der Waals surface area contributed by atoms with Crippen LogP contribution in [-0.2, 0) is 13.1 Å². The highest BCUT2D eigenvalue weighted by atomic mass is 19.3. The smallest absolute Gasteiger partial charge is 0.387 e. The first-order valence-corrected chi connectivity index (χ1v) is 7.40. The van der Waals surface area contributed by atoms with Gasteiger partial charge in [0.25, 0.3) is 0 Å². The topological polar surface area (TPSA) is 38.7 Å². The second-order valence-electron chi connectivity index (χ2n) is 5.20. The zero-order valence-corrected chi connectivity index (χ0v) is 12.5. The van der Waals surface area contributed by atoms with Gasteiger partial charge in [0.15, 0.2) is 0 Å². The summed E-state index contributed by atoms with van der Waals surface area (Å²) in [7, 11) is 0. The number of nitrogens with zero attached hydrogens (tertiary/aromatic N) is 1. The third-order valence-corrected chi connectivity index (χ3v) is 3.66. The highest BCUT2D eigenvalue weighted by Crippen LogP contribution is 2.28. The quantitative estimate of drug-likeness (QED) is 0.759. The molecule has 0 fully saturated rings. The predicted octanol–water partition coefficient (Wildman–Crippen LogP) is 3.10. The number of quaternary nitrogens is 1. The summed E-state index contributed by atoms with van der Waals surface area (Å²) in [6, 6.07) is 15.0. The summed E-state index contributed by atoms with van der Waals surface area (Å²) in [5.74, 6) is 0.237. The maximum atomic E-state index is 12.6. The van der Waals surface area contributed by atoms with Crippen LogP contribution in [-0.4, -0.2) is 11.6 Å². The number of fused-ring (bicyclic) bond motifs is 1. The van der Waals surface area contributed by atoms with E-state index < -0.39 is 6.61 Å². The summed E-state index contributed by atoms with van der Waals surface area (Å²) in [5.41, 5.74) is 1.87. The molecule has 0 aliphatic carbocycles. The van der Waals surface area contributed by atoms with Crippen LogP contribution in [0.1, 0.15) is 11.1 Å². The number of pyridine rings is 1. The molecule has 23 heavy (non-hydrogen) atoms. The van der Waals surface area contributed by atoms with Gasteiger partial charge in [0.1, 0.15) is 18.8 Å². The van der Waals surface area contributed by atoms with Crippen molar-refractivity contribution in [2.24, 2.45) is 0 Å². The minimum absolute atomic E-state index is 0.237. The van der Waals surface area contributed by atoms with E-state index >= 15 is 0 Å². The number of benzene rings is 2. The predicted molar refractivity (Wildman–Crippen MR) is 84.2 cm³/mol. The lowest BCUT2D eigenvalue weighted by Gasteiger charge is -2.13. The van der Waals surface area contributed by atoms with Crippen molar-refractivity contribution in [2.45, 2.75) is 19.7 Å². The average molecular weight is 315 g/mol. The molecular formula is C18H17F2N2O+. The van der Waals surface area contributed by atoms with Crippen LogP contribution in [0.15, 0.2) is 60.9 Å². The van der Waals surface area contributed by atoms with Gasteiger partial charge in [0, 0.05) is 18.0 Å². The molecule has 0 radical (unpaired) electrons. The van der Waals surface area contributed by atoms with Crippen LogP contribution in [0.4, 0.5) is 8.78 Å². The number of hydrogen-bond acceptors (Lipinski definition) is 2. The third-order valence-electron chi connectivity index (χ3n) is 3.66. The highest BCUT2D eigenvalue weighted by molar-refractivity contribution is 5.87. The van der Waals surface area contributed by atoms with Crippen molar-refractivity contribution in [3.63, 3.8) is 0 Å². The molecule has 3 aromatic rings. The standard InChI is InChI=1S/C18H16F2N2O/c19-18(20)23-17-8-7-14-5-1-2-6-15(14)16(17)12-22-11-13-4-3-9-21-10-13/h1-10,18,22H,11-12H2/p+1. The van der Waals surface area contributed by atoms with Gasteiger partial charge in [-0.05, 0) is 22.9 Å². The number of ether oxygens (including phenoxy) is 1. The zero-order valence-electron chi connectivity index (χ0n) is 12.5. The largest absolute Gasteiger partial charge is 0.434 e.